The zero-order chi connectivity index (χ0) is 20.2. The first-order chi connectivity index (χ1) is 12.7. The van der Waals surface area contributed by atoms with Gasteiger partial charge in [-0.2, -0.15) is 18.3 Å². The quantitative estimate of drug-likeness (QED) is 0.427. The number of hydrazone groups is 1. The van der Waals surface area contributed by atoms with E-state index in [2.05, 4.69) is 20.1 Å². The molecular weight excluding hydrogens is 374 g/mol. The van der Waals surface area contributed by atoms with Crippen molar-refractivity contribution in [2.75, 3.05) is 28.3 Å². The van der Waals surface area contributed by atoms with E-state index in [9.17, 15) is 17.6 Å². The second-order valence-corrected chi connectivity index (χ2v) is 5.10. The summed E-state index contributed by atoms with van der Waals surface area (Å²) >= 11 is 0. The molecule has 146 valence electrons. The van der Waals surface area contributed by atoms with E-state index in [1.807, 2.05) is 0 Å². The van der Waals surface area contributed by atoms with Gasteiger partial charge in [0.15, 0.2) is 5.71 Å². The van der Waals surface area contributed by atoms with E-state index in [0.29, 0.717) is 0 Å². The van der Waals surface area contributed by atoms with E-state index >= 15 is 0 Å². The Morgan fingerprint density at radius 1 is 1.00 bits per heavy atom. The van der Waals surface area contributed by atoms with Crippen molar-refractivity contribution < 1.29 is 31.8 Å². The van der Waals surface area contributed by atoms with E-state index in [1.165, 1.54) is 34.4 Å². The van der Waals surface area contributed by atoms with Gasteiger partial charge in [0.05, 0.1) is 19.8 Å². The maximum absolute atomic E-state index is 14.3. The summed E-state index contributed by atoms with van der Waals surface area (Å²) in [7, 11) is 5.07. The van der Waals surface area contributed by atoms with Crippen LogP contribution in [0.3, 0.4) is 0 Å². The first-order valence-corrected chi connectivity index (χ1v) is 7.29. The Labute approximate surface area is 151 Å². The first-order valence-electron chi connectivity index (χ1n) is 7.29. The molecule has 0 aliphatic heterocycles. The van der Waals surface area contributed by atoms with Gasteiger partial charge >= 0.3 is 24.2 Å². The number of aromatic nitrogens is 3. The lowest BCUT2D eigenvalue weighted by molar-refractivity contribution is -0.0594. The predicted molar refractivity (Wildman–Crippen MR) is 85.7 cm³/mol. The van der Waals surface area contributed by atoms with Crippen LogP contribution in [-0.4, -0.2) is 60.2 Å². The molecule has 0 saturated heterocycles. The summed E-state index contributed by atoms with van der Waals surface area (Å²) in [6, 6.07) is 2.30. The van der Waals surface area contributed by atoms with Gasteiger partial charge in [-0.3, -0.25) is 0 Å². The van der Waals surface area contributed by atoms with E-state index in [4.69, 9.17) is 14.2 Å². The zero-order valence-electron chi connectivity index (χ0n) is 14.7. The van der Waals surface area contributed by atoms with E-state index in [1.54, 1.807) is 0 Å². The highest BCUT2D eigenvalue weighted by atomic mass is 19.4. The fourth-order valence-electron chi connectivity index (χ4n) is 1.91. The van der Waals surface area contributed by atoms with Crippen molar-refractivity contribution in [3.8, 4) is 23.8 Å². The second kappa shape index (κ2) is 8.01. The summed E-state index contributed by atoms with van der Waals surface area (Å²) in [5.41, 5.74) is -2.37. The third kappa shape index (κ3) is 4.92. The molecule has 2 rings (SSSR count). The molecule has 0 amide bonds. The molecular formula is C15H15F4N5O3. The van der Waals surface area contributed by atoms with Gasteiger partial charge in [-0.15, -0.1) is 15.0 Å². The van der Waals surface area contributed by atoms with Crippen molar-refractivity contribution in [2.24, 2.45) is 5.10 Å². The Morgan fingerprint density at radius 3 is 2.04 bits per heavy atom. The highest BCUT2D eigenvalue weighted by Crippen LogP contribution is 2.33. The van der Waals surface area contributed by atoms with Crippen LogP contribution in [0.5, 0.6) is 23.8 Å². The molecule has 1 heterocycles. The molecule has 1 aromatic carbocycles. The highest BCUT2D eigenvalue weighted by molar-refractivity contribution is 6.06. The van der Waals surface area contributed by atoms with Crippen molar-refractivity contribution in [1.82, 2.24) is 20.0 Å². The van der Waals surface area contributed by atoms with Gasteiger partial charge in [0, 0.05) is 14.1 Å². The van der Waals surface area contributed by atoms with E-state index in [-0.39, 0.29) is 12.0 Å². The van der Waals surface area contributed by atoms with Gasteiger partial charge in [-0.05, 0) is 12.1 Å². The van der Waals surface area contributed by atoms with E-state index < -0.39 is 35.0 Å². The SMILES string of the molecule is COc1nc(OC)nc(Oc2cccc(F)c2/C(=N/N(C)C)C(F)(F)F)n1. The lowest BCUT2D eigenvalue weighted by Gasteiger charge is -2.17. The number of nitrogens with zero attached hydrogens (tertiary/aromatic N) is 5. The second-order valence-electron chi connectivity index (χ2n) is 5.10. The van der Waals surface area contributed by atoms with Crippen molar-refractivity contribution in [3.05, 3.63) is 29.6 Å². The van der Waals surface area contributed by atoms with Gasteiger partial charge in [-0.25, -0.2) is 4.39 Å². The predicted octanol–water partition coefficient (Wildman–Crippen LogP) is 2.65. The van der Waals surface area contributed by atoms with E-state index in [0.717, 1.165) is 17.1 Å². The van der Waals surface area contributed by atoms with Gasteiger partial charge in [-0.1, -0.05) is 6.07 Å². The highest BCUT2D eigenvalue weighted by Gasteiger charge is 2.41. The van der Waals surface area contributed by atoms with Gasteiger partial charge in [0.2, 0.25) is 0 Å². The van der Waals surface area contributed by atoms with Crippen molar-refractivity contribution in [1.29, 1.82) is 0 Å². The van der Waals surface area contributed by atoms with Gasteiger partial charge < -0.3 is 19.2 Å². The third-order valence-electron chi connectivity index (χ3n) is 2.92. The maximum atomic E-state index is 14.3. The summed E-state index contributed by atoms with van der Waals surface area (Å²) in [4.78, 5) is 11.2. The largest absolute Gasteiger partial charge is 0.467 e. The van der Waals surface area contributed by atoms with Crippen LogP contribution in [0.4, 0.5) is 17.6 Å². The number of alkyl halides is 3. The standard InChI is InChI=1S/C15H15F4N5O3/c1-24(2)23-11(15(17,18)19)10-8(16)6-5-7-9(10)27-14-21-12(25-3)20-13(22-14)26-4/h5-7H,1-4H3/b23-11-. The van der Waals surface area contributed by atoms with Crippen LogP contribution in [0.15, 0.2) is 23.3 Å². The molecule has 12 heteroatoms. The summed E-state index contributed by atoms with van der Waals surface area (Å²) < 4.78 is 69.6. The molecule has 0 spiro atoms. The molecule has 27 heavy (non-hydrogen) atoms. The molecule has 0 N–H and O–H groups in total. The molecule has 0 aliphatic carbocycles. The molecule has 8 nitrogen and oxygen atoms in total. The Hall–Kier alpha value is -3.18. The van der Waals surface area contributed by atoms with Crippen LogP contribution in [-0.2, 0) is 0 Å². The Balaban J connectivity index is 2.59. The number of rotatable bonds is 6. The summed E-state index contributed by atoms with van der Waals surface area (Å²) in [6.07, 6.45) is -4.95. The topological polar surface area (TPSA) is 82.0 Å². The normalized spacial score (nSPS) is 11.9. The fraction of sp³-hybridized carbons (Fsp3) is 0.333. The van der Waals surface area contributed by atoms with Crippen LogP contribution in [0.25, 0.3) is 0 Å². The minimum Gasteiger partial charge on any atom is -0.467 e. The number of hydrogen-bond donors (Lipinski definition) is 0. The average molecular weight is 389 g/mol. The molecule has 0 aliphatic rings. The zero-order valence-corrected chi connectivity index (χ0v) is 14.7. The first kappa shape index (κ1) is 20.1. The minimum atomic E-state index is -4.95. The maximum Gasteiger partial charge on any atom is 0.435 e. The summed E-state index contributed by atoms with van der Waals surface area (Å²) in [6.45, 7) is 0. The number of methoxy groups -OCH3 is 2. The molecule has 0 fully saturated rings. The molecule has 1 aromatic heterocycles. The van der Waals surface area contributed by atoms with Crippen LogP contribution in [0, 0.1) is 5.82 Å². The van der Waals surface area contributed by atoms with Crippen molar-refractivity contribution in [2.45, 2.75) is 6.18 Å². The van der Waals surface area contributed by atoms with Gasteiger partial charge in [0.1, 0.15) is 11.6 Å². The Bertz CT molecular complexity index is 820. The Kier molecular flexibility index (Phi) is 5.98. The lowest BCUT2D eigenvalue weighted by atomic mass is 10.1. The molecule has 0 atom stereocenters. The molecule has 0 unspecified atom stereocenters. The lowest BCUT2D eigenvalue weighted by Crippen LogP contribution is -2.28. The van der Waals surface area contributed by atoms with Crippen molar-refractivity contribution in [3.63, 3.8) is 0 Å². The fourth-order valence-corrected chi connectivity index (χ4v) is 1.91. The van der Waals surface area contributed by atoms with Crippen LogP contribution < -0.4 is 14.2 Å². The van der Waals surface area contributed by atoms with Crippen molar-refractivity contribution >= 4 is 5.71 Å². The van der Waals surface area contributed by atoms with Gasteiger partial charge in [0.25, 0.3) is 0 Å². The van der Waals surface area contributed by atoms with Crippen LogP contribution in [0.2, 0.25) is 0 Å². The summed E-state index contributed by atoms with van der Waals surface area (Å²) in [5, 5.41) is 4.25. The van der Waals surface area contributed by atoms with Crippen LogP contribution >= 0.6 is 0 Å². The van der Waals surface area contributed by atoms with Crippen LogP contribution in [0.1, 0.15) is 5.56 Å². The third-order valence-corrected chi connectivity index (χ3v) is 2.92. The average Bonchev–Trinajstić information content (AvgIpc) is 2.59. The molecule has 2 aromatic rings. The number of halogens is 4. The monoisotopic (exact) mass is 389 g/mol. The number of benzene rings is 1. The molecule has 0 saturated carbocycles. The minimum absolute atomic E-state index is 0.201. The Morgan fingerprint density at radius 2 is 1.56 bits per heavy atom. The molecule has 0 radical (unpaired) electrons. The summed E-state index contributed by atoms with van der Waals surface area (Å²) in [5.74, 6) is -1.68. The number of hydrogen-bond acceptors (Lipinski definition) is 8. The smallest absolute Gasteiger partial charge is 0.435 e. The number of ether oxygens (including phenoxy) is 3. The molecule has 0 bridgehead atoms.